The maximum absolute atomic E-state index is 12.1. The predicted molar refractivity (Wildman–Crippen MR) is 63.3 cm³/mol. The van der Waals surface area contributed by atoms with Crippen molar-refractivity contribution in [2.24, 2.45) is 0 Å². The molecular weight excluding hydrogens is 268 g/mol. The first-order valence-electron chi connectivity index (χ1n) is 5.54. The van der Waals surface area contributed by atoms with Gasteiger partial charge in [-0.05, 0) is 0 Å². The molecule has 2 aromatic heterocycles. The number of aromatic amines is 1. The van der Waals surface area contributed by atoms with Crippen molar-refractivity contribution in [1.29, 1.82) is 5.26 Å². The van der Waals surface area contributed by atoms with Crippen LogP contribution in [0.2, 0.25) is 0 Å². The third kappa shape index (κ3) is 1.91. The fourth-order valence-corrected chi connectivity index (χ4v) is 3.31. The minimum atomic E-state index is -3.49. The average Bonchev–Trinajstić information content (AvgIpc) is 2.97. The molecule has 1 N–H and O–H groups in total. The molecule has 3 heterocycles. The Labute approximate surface area is 109 Å². The Balaban J connectivity index is 1.72. The van der Waals surface area contributed by atoms with Gasteiger partial charge >= 0.3 is 0 Å². The smallest absolute Gasteiger partial charge is 0.260 e. The van der Waals surface area contributed by atoms with Crippen LogP contribution < -0.4 is 0 Å². The second kappa shape index (κ2) is 4.18. The third-order valence-corrected chi connectivity index (χ3v) is 4.78. The molecular formula is C10H10N6O2S. The number of rotatable bonds is 3. The highest BCUT2D eigenvalue weighted by molar-refractivity contribution is 7.89. The van der Waals surface area contributed by atoms with Gasteiger partial charge < -0.3 is 4.98 Å². The molecule has 3 rings (SSSR count). The molecule has 1 aliphatic rings. The minimum absolute atomic E-state index is 0.0280. The molecule has 0 aromatic carbocycles. The number of sulfonamides is 1. The van der Waals surface area contributed by atoms with Gasteiger partial charge in [0.25, 0.3) is 10.0 Å². The minimum Gasteiger partial charge on any atom is -0.335 e. The normalized spacial score (nSPS) is 17.0. The molecule has 0 spiro atoms. The quantitative estimate of drug-likeness (QED) is 0.831. The van der Waals surface area contributed by atoms with E-state index in [-0.39, 0.29) is 11.1 Å². The van der Waals surface area contributed by atoms with Gasteiger partial charge in [-0.25, -0.2) is 13.4 Å². The summed E-state index contributed by atoms with van der Waals surface area (Å²) < 4.78 is 27.1. The van der Waals surface area contributed by atoms with E-state index >= 15 is 0 Å². The van der Waals surface area contributed by atoms with E-state index in [1.807, 2.05) is 6.07 Å². The topological polar surface area (TPSA) is 108 Å². The van der Waals surface area contributed by atoms with Crippen LogP contribution in [0.1, 0.15) is 11.6 Å². The van der Waals surface area contributed by atoms with E-state index in [4.69, 9.17) is 5.26 Å². The Kier molecular flexibility index (Phi) is 2.62. The molecule has 0 atom stereocenters. The number of hydrogen-bond acceptors (Lipinski definition) is 5. The lowest BCUT2D eigenvalue weighted by Gasteiger charge is -2.37. The first-order valence-corrected chi connectivity index (χ1v) is 6.98. The van der Waals surface area contributed by atoms with Crippen molar-refractivity contribution in [1.82, 2.24) is 24.1 Å². The van der Waals surface area contributed by atoms with E-state index in [1.54, 1.807) is 10.9 Å². The van der Waals surface area contributed by atoms with Gasteiger partial charge in [-0.15, -0.1) is 0 Å². The molecule has 98 valence electrons. The Hall–Kier alpha value is -2.18. The van der Waals surface area contributed by atoms with E-state index in [9.17, 15) is 8.42 Å². The zero-order valence-corrected chi connectivity index (χ0v) is 10.6. The highest BCUT2D eigenvalue weighted by Crippen LogP contribution is 2.26. The molecule has 0 radical (unpaired) electrons. The van der Waals surface area contributed by atoms with Crippen molar-refractivity contribution < 1.29 is 8.42 Å². The molecule has 1 fully saturated rings. The number of nitrogens with zero attached hydrogens (tertiary/aromatic N) is 5. The standard InChI is InChI=1S/C10H10N6O2S/c11-1-8-2-14-16(4-8)9-5-15(6-9)19(17,18)10-3-12-7-13-10/h2-4,7,9H,5-6H2,(H,12,13). The first-order chi connectivity index (χ1) is 9.11. The first kappa shape index (κ1) is 11.9. The van der Waals surface area contributed by atoms with Gasteiger partial charge in [0.1, 0.15) is 6.07 Å². The summed E-state index contributed by atoms with van der Waals surface area (Å²) in [6.07, 6.45) is 5.69. The Morgan fingerprint density at radius 1 is 1.42 bits per heavy atom. The van der Waals surface area contributed by atoms with Crippen molar-refractivity contribution in [3.8, 4) is 6.07 Å². The van der Waals surface area contributed by atoms with Crippen molar-refractivity contribution in [3.63, 3.8) is 0 Å². The van der Waals surface area contributed by atoms with Crippen LogP contribution in [0.5, 0.6) is 0 Å². The van der Waals surface area contributed by atoms with Crippen LogP contribution in [0.15, 0.2) is 29.9 Å². The van der Waals surface area contributed by atoms with E-state index in [2.05, 4.69) is 15.1 Å². The predicted octanol–water partition coefficient (Wildman–Crippen LogP) is -0.277. The number of H-pyrrole nitrogens is 1. The average molecular weight is 278 g/mol. The highest BCUT2D eigenvalue weighted by Gasteiger charge is 2.38. The van der Waals surface area contributed by atoms with E-state index in [0.29, 0.717) is 18.7 Å². The Morgan fingerprint density at radius 3 is 2.79 bits per heavy atom. The molecule has 8 nitrogen and oxygen atoms in total. The summed E-state index contributed by atoms with van der Waals surface area (Å²) in [4.78, 5) is 6.29. The maximum Gasteiger partial charge on any atom is 0.260 e. The lowest BCUT2D eigenvalue weighted by Crippen LogP contribution is -2.50. The molecule has 0 amide bonds. The molecule has 0 bridgehead atoms. The summed E-state index contributed by atoms with van der Waals surface area (Å²) in [5.41, 5.74) is 0.467. The fourth-order valence-electron chi connectivity index (χ4n) is 1.90. The second-order valence-electron chi connectivity index (χ2n) is 4.21. The van der Waals surface area contributed by atoms with Gasteiger partial charge in [0.15, 0.2) is 5.03 Å². The van der Waals surface area contributed by atoms with Crippen molar-refractivity contribution in [2.45, 2.75) is 11.1 Å². The van der Waals surface area contributed by atoms with Crippen molar-refractivity contribution >= 4 is 10.0 Å². The number of hydrogen-bond donors (Lipinski definition) is 1. The third-order valence-electron chi connectivity index (χ3n) is 3.02. The van der Waals surface area contributed by atoms with Crippen LogP contribution in [-0.2, 0) is 10.0 Å². The van der Waals surface area contributed by atoms with Gasteiger partial charge in [0, 0.05) is 19.3 Å². The molecule has 2 aromatic rings. The zero-order chi connectivity index (χ0) is 13.5. The molecule has 0 aliphatic carbocycles. The van der Waals surface area contributed by atoms with Gasteiger partial charge in [-0.3, -0.25) is 4.68 Å². The summed E-state index contributed by atoms with van der Waals surface area (Å²) >= 11 is 0. The molecule has 0 unspecified atom stereocenters. The van der Waals surface area contributed by atoms with Gasteiger partial charge in [0.05, 0.1) is 30.3 Å². The largest absolute Gasteiger partial charge is 0.335 e. The van der Waals surface area contributed by atoms with Crippen LogP contribution in [0.25, 0.3) is 0 Å². The summed E-state index contributed by atoms with van der Waals surface area (Å²) in [5.74, 6) is 0. The molecule has 1 aliphatic heterocycles. The van der Waals surface area contributed by atoms with Gasteiger partial charge in [-0.2, -0.15) is 14.7 Å². The van der Waals surface area contributed by atoms with Crippen LogP contribution in [0.4, 0.5) is 0 Å². The zero-order valence-electron chi connectivity index (χ0n) is 9.76. The number of aromatic nitrogens is 4. The SMILES string of the molecule is N#Cc1cnn(C2CN(S(=O)(=O)c3cnc[nH]3)C2)c1. The van der Waals surface area contributed by atoms with Gasteiger partial charge in [-0.1, -0.05) is 0 Å². The van der Waals surface area contributed by atoms with Crippen LogP contribution in [-0.4, -0.2) is 45.6 Å². The lowest BCUT2D eigenvalue weighted by molar-refractivity contribution is 0.191. The lowest BCUT2D eigenvalue weighted by atomic mass is 10.2. The molecule has 0 saturated carbocycles. The number of imidazole rings is 1. The summed E-state index contributed by atoms with van der Waals surface area (Å²) in [5, 5.41) is 12.8. The fraction of sp³-hybridized carbons (Fsp3) is 0.300. The van der Waals surface area contributed by atoms with E-state index in [1.165, 1.54) is 23.0 Å². The van der Waals surface area contributed by atoms with Gasteiger partial charge in [0.2, 0.25) is 0 Å². The van der Waals surface area contributed by atoms with Crippen LogP contribution in [0, 0.1) is 11.3 Å². The van der Waals surface area contributed by atoms with E-state index in [0.717, 1.165) is 0 Å². The monoisotopic (exact) mass is 278 g/mol. The Bertz CT molecular complexity index is 720. The summed E-state index contributed by atoms with van der Waals surface area (Å²) in [7, 11) is -3.49. The second-order valence-corrected chi connectivity index (χ2v) is 6.12. The van der Waals surface area contributed by atoms with Crippen molar-refractivity contribution in [3.05, 3.63) is 30.5 Å². The number of nitrogens with one attached hydrogen (secondary N) is 1. The summed E-state index contributed by atoms with van der Waals surface area (Å²) in [6, 6.07) is 1.96. The highest BCUT2D eigenvalue weighted by atomic mass is 32.2. The molecule has 1 saturated heterocycles. The molecule has 9 heteroatoms. The van der Waals surface area contributed by atoms with Crippen LogP contribution in [0.3, 0.4) is 0 Å². The van der Waals surface area contributed by atoms with Crippen molar-refractivity contribution in [2.75, 3.05) is 13.1 Å². The Morgan fingerprint density at radius 2 is 2.21 bits per heavy atom. The number of nitriles is 1. The maximum atomic E-state index is 12.1. The molecule has 19 heavy (non-hydrogen) atoms. The van der Waals surface area contributed by atoms with Crippen LogP contribution >= 0.6 is 0 Å². The van der Waals surface area contributed by atoms with E-state index < -0.39 is 10.0 Å². The summed E-state index contributed by atoms with van der Waals surface area (Å²) in [6.45, 7) is 0.682.